The fourth-order valence-electron chi connectivity index (χ4n) is 2.24. The maximum Gasteiger partial charge on any atom is 0.262 e. The molecule has 0 unspecified atom stereocenters. The number of aryl methyl sites for hydroxylation is 1. The normalized spacial score (nSPS) is 11.4. The summed E-state index contributed by atoms with van der Waals surface area (Å²) in [4.78, 5) is 30.7. The van der Waals surface area contributed by atoms with Crippen LogP contribution in [-0.2, 0) is 0 Å². The Morgan fingerprint density at radius 1 is 1.35 bits per heavy atom. The summed E-state index contributed by atoms with van der Waals surface area (Å²) in [6.45, 7) is 1.61. The fraction of sp³-hybridized carbons (Fsp3) is 0.0625. The summed E-state index contributed by atoms with van der Waals surface area (Å²) in [5.41, 5.74) is 0.540. The molecule has 23 heavy (non-hydrogen) atoms. The van der Waals surface area contributed by atoms with Gasteiger partial charge in [-0.1, -0.05) is 29.3 Å². The number of benzene rings is 1. The number of nitrogens with zero attached hydrogens (tertiary/aromatic N) is 1. The fourth-order valence-corrected chi connectivity index (χ4v) is 2.71. The number of hydrogen-bond acceptors (Lipinski definition) is 4. The van der Waals surface area contributed by atoms with Crippen LogP contribution < -0.4 is 5.56 Å². The summed E-state index contributed by atoms with van der Waals surface area (Å²) in [5, 5.41) is 1.07. The highest BCUT2D eigenvalue weighted by molar-refractivity contribution is 6.35. The molecule has 0 saturated carbocycles. The average molecular weight is 349 g/mol. The van der Waals surface area contributed by atoms with Crippen molar-refractivity contribution < 1.29 is 9.21 Å². The van der Waals surface area contributed by atoms with E-state index in [1.165, 1.54) is 12.4 Å². The van der Waals surface area contributed by atoms with Gasteiger partial charge in [0.1, 0.15) is 11.1 Å². The van der Waals surface area contributed by atoms with Gasteiger partial charge in [-0.3, -0.25) is 9.59 Å². The lowest BCUT2D eigenvalue weighted by atomic mass is 10.1. The van der Waals surface area contributed by atoms with Gasteiger partial charge in [0, 0.05) is 10.0 Å². The van der Waals surface area contributed by atoms with Crippen LogP contribution in [0.5, 0.6) is 0 Å². The molecule has 0 fully saturated rings. The molecule has 1 N–H and O–H groups in total. The highest BCUT2D eigenvalue weighted by Crippen LogP contribution is 2.24. The van der Waals surface area contributed by atoms with Crippen LogP contribution in [-0.4, -0.2) is 15.8 Å². The molecule has 7 heteroatoms. The predicted molar refractivity (Wildman–Crippen MR) is 89.2 cm³/mol. The molecule has 5 nitrogen and oxygen atoms in total. The third kappa shape index (κ3) is 2.93. The second-order valence-electron chi connectivity index (χ2n) is 4.81. The van der Waals surface area contributed by atoms with Crippen LogP contribution in [0.2, 0.25) is 10.0 Å². The van der Waals surface area contributed by atoms with Crippen LogP contribution in [0.25, 0.3) is 17.2 Å². The number of allylic oxidation sites excluding steroid dienone is 1. The number of hydrogen-bond donors (Lipinski definition) is 1. The van der Waals surface area contributed by atoms with Gasteiger partial charge in [0.25, 0.3) is 5.56 Å². The maximum absolute atomic E-state index is 12.4. The van der Waals surface area contributed by atoms with Crippen molar-refractivity contribution in [3.8, 4) is 0 Å². The third-order valence-electron chi connectivity index (χ3n) is 3.29. The zero-order valence-electron chi connectivity index (χ0n) is 11.9. The van der Waals surface area contributed by atoms with Gasteiger partial charge in [-0.2, -0.15) is 0 Å². The first-order chi connectivity index (χ1) is 11.0. The van der Waals surface area contributed by atoms with Crippen LogP contribution in [0.15, 0.2) is 39.8 Å². The van der Waals surface area contributed by atoms with Crippen LogP contribution in [0.3, 0.4) is 0 Å². The summed E-state index contributed by atoms with van der Waals surface area (Å²) in [6, 6.07) is 4.95. The molecule has 0 aliphatic rings. The smallest absolute Gasteiger partial charge is 0.262 e. The Balaban J connectivity index is 2.03. The van der Waals surface area contributed by atoms with Crippen molar-refractivity contribution in [1.82, 2.24) is 9.97 Å². The number of halogens is 2. The van der Waals surface area contributed by atoms with E-state index in [1.807, 2.05) is 0 Å². The summed E-state index contributed by atoms with van der Waals surface area (Å²) in [7, 11) is 0. The van der Waals surface area contributed by atoms with E-state index >= 15 is 0 Å². The SMILES string of the molecule is Cc1oc2nc[nH]c(=O)c2c1C(=O)/C=C/c1ccc(Cl)cc1Cl. The number of rotatable bonds is 3. The van der Waals surface area contributed by atoms with E-state index in [1.54, 1.807) is 31.2 Å². The van der Waals surface area contributed by atoms with E-state index < -0.39 is 5.56 Å². The van der Waals surface area contributed by atoms with E-state index in [4.69, 9.17) is 27.6 Å². The molecule has 116 valence electrons. The molecule has 0 atom stereocenters. The van der Waals surface area contributed by atoms with Crippen LogP contribution in [0.4, 0.5) is 0 Å². The zero-order valence-corrected chi connectivity index (χ0v) is 13.4. The van der Waals surface area contributed by atoms with Crippen molar-refractivity contribution in [2.24, 2.45) is 0 Å². The second kappa shape index (κ2) is 6.02. The van der Waals surface area contributed by atoms with Crippen molar-refractivity contribution >= 4 is 46.2 Å². The Labute approximate surface area is 140 Å². The lowest BCUT2D eigenvalue weighted by Gasteiger charge is -1.98. The standard InChI is InChI=1S/C16H10Cl2N2O3/c1-8-13(14-15(22)19-7-20-16(14)23-8)12(21)5-3-9-2-4-10(17)6-11(9)18/h2-7H,1H3,(H,19,20,22)/b5-3+. The minimum absolute atomic E-state index is 0.132. The molecule has 0 amide bonds. The molecular weight excluding hydrogens is 339 g/mol. The van der Waals surface area contributed by atoms with E-state index in [0.717, 1.165) is 0 Å². The summed E-state index contributed by atoms with van der Waals surface area (Å²) < 4.78 is 5.36. The minimum atomic E-state index is -0.423. The summed E-state index contributed by atoms with van der Waals surface area (Å²) >= 11 is 11.9. The zero-order chi connectivity index (χ0) is 16.6. The Kier molecular flexibility index (Phi) is 4.07. The number of carbonyl (C=O) groups is 1. The minimum Gasteiger partial charge on any atom is -0.442 e. The van der Waals surface area contributed by atoms with E-state index in [-0.39, 0.29) is 22.4 Å². The topological polar surface area (TPSA) is 76.0 Å². The number of aromatic amines is 1. The summed E-state index contributed by atoms with van der Waals surface area (Å²) in [5.74, 6) is -0.0354. The van der Waals surface area contributed by atoms with Crippen molar-refractivity contribution in [3.63, 3.8) is 0 Å². The largest absolute Gasteiger partial charge is 0.442 e. The van der Waals surface area contributed by atoms with Crippen molar-refractivity contribution in [3.05, 3.63) is 67.9 Å². The van der Waals surface area contributed by atoms with Gasteiger partial charge in [0.2, 0.25) is 5.71 Å². The van der Waals surface area contributed by atoms with Gasteiger partial charge < -0.3 is 9.40 Å². The molecule has 0 spiro atoms. The molecule has 0 aliphatic carbocycles. The molecule has 0 saturated heterocycles. The van der Waals surface area contributed by atoms with Crippen LogP contribution >= 0.6 is 23.2 Å². The van der Waals surface area contributed by atoms with Crippen LogP contribution in [0, 0.1) is 6.92 Å². The number of H-pyrrole nitrogens is 1. The quantitative estimate of drug-likeness (QED) is 0.572. The molecule has 2 heterocycles. The number of aromatic nitrogens is 2. The Bertz CT molecular complexity index is 1000. The number of nitrogens with one attached hydrogen (secondary N) is 1. The molecule has 3 aromatic rings. The van der Waals surface area contributed by atoms with Crippen molar-refractivity contribution in [2.75, 3.05) is 0 Å². The van der Waals surface area contributed by atoms with E-state index in [0.29, 0.717) is 21.4 Å². The van der Waals surface area contributed by atoms with E-state index in [9.17, 15) is 9.59 Å². The van der Waals surface area contributed by atoms with Gasteiger partial charge in [-0.15, -0.1) is 0 Å². The number of fused-ring (bicyclic) bond motifs is 1. The number of ketones is 1. The first-order valence-electron chi connectivity index (χ1n) is 6.61. The second-order valence-corrected chi connectivity index (χ2v) is 5.65. The Hall–Kier alpha value is -2.37. The van der Waals surface area contributed by atoms with Gasteiger partial charge >= 0.3 is 0 Å². The molecule has 1 aromatic carbocycles. The maximum atomic E-state index is 12.4. The predicted octanol–water partition coefficient (Wildman–Crippen LogP) is 4.03. The lowest BCUT2D eigenvalue weighted by molar-refractivity contribution is 0.104. The molecule has 2 aromatic heterocycles. The van der Waals surface area contributed by atoms with Gasteiger partial charge in [0.05, 0.1) is 11.9 Å². The molecule has 3 rings (SSSR count). The van der Waals surface area contributed by atoms with Crippen molar-refractivity contribution in [2.45, 2.75) is 6.92 Å². The van der Waals surface area contributed by atoms with Crippen LogP contribution in [0.1, 0.15) is 21.7 Å². The first-order valence-corrected chi connectivity index (χ1v) is 7.37. The van der Waals surface area contributed by atoms with Gasteiger partial charge in [-0.25, -0.2) is 4.98 Å². The number of carbonyl (C=O) groups excluding carboxylic acids is 1. The Morgan fingerprint density at radius 3 is 2.87 bits per heavy atom. The first kappa shape index (κ1) is 15.5. The Morgan fingerprint density at radius 2 is 2.13 bits per heavy atom. The third-order valence-corrected chi connectivity index (χ3v) is 3.86. The monoisotopic (exact) mass is 348 g/mol. The summed E-state index contributed by atoms with van der Waals surface area (Å²) in [6.07, 6.45) is 4.12. The van der Waals surface area contributed by atoms with Gasteiger partial charge in [0.15, 0.2) is 5.78 Å². The van der Waals surface area contributed by atoms with Crippen molar-refractivity contribution in [1.29, 1.82) is 0 Å². The molecular formula is C16H10Cl2N2O3. The average Bonchev–Trinajstić information content (AvgIpc) is 2.83. The van der Waals surface area contributed by atoms with E-state index in [2.05, 4.69) is 9.97 Å². The molecule has 0 bridgehead atoms. The lowest BCUT2D eigenvalue weighted by Crippen LogP contribution is -2.09. The number of furan rings is 1. The molecule has 0 radical (unpaired) electrons. The highest BCUT2D eigenvalue weighted by atomic mass is 35.5. The highest BCUT2D eigenvalue weighted by Gasteiger charge is 2.19. The van der Waals surface area contributed by atoms with Gasteiger partial charge in [-0.05, 0) is 36.8 Å². The molecule has 0 aliphatic heterocycles.